The number of amides is 1. The zero-order valence-corrected chi connectivity index (χ0v) is 16.7. The van der Waals surface area contributed by atoms with Gasteiger partial charge in [-0.3, -0.25) is 4.79 Å². The molecule has 5 nitrogen and oxygen atoms in total. The Balaban J connectivity index is 1.45. The fourth-order valence-electron chi connectivity index (χ4n) is 6.43. The van der Waals surface area contributed by atoms with Gasteiger partial charge in [0.1, 0.15) is 17.6 Å². The van der Waals surface area contributed by atoms with Gasteiger partial charge in [0, 0.05) is 30.9 Å². The van der Waals surface area contributed by atoms with Crippen LogP contribution in [0, 0.1) is 29.6 Å². The smallest absolute Gasteiger partial charge is 0.224 e. The molecule has 1 aromatic heterocycles. The lowest BCUT2D eigenvalue weighted by molar-refractivity contribution is -0.138. The molecule has 5 heteroatoms. The Bertz CT molecular complexity index is 846. The van der Waals surface area contributed by atoms with Gasteiger partial charge in [-0.2, -0.15) is 0 Å². The Morgan fingerprint density at radius 2 is 1.82 bits per heavy atom. The van der Waals surface area contributed by atoms with Crippen molar-refractivity contribution >= 4 is 5.91 Å². The van der Waals surface area contributed by atoms with Crippen LogP contribution < -0.4 is 10.1 Å². The van der Waals surface area contributed by atoms with Gasteiger partial charge in [-0.1, -0.05) is 18.2 Å². The summed E-state index contributed by atoms with van der Waals surface area (Å²) in [5.74, 6) is 4.84. The molecule has 6 rings (SSSR count). The second kappa shape index (κ2) is 6.94. The molecule has 28 heavy (non-hydrogen) atoms. The third-order valence-electron chi connectivity index (χ3n) is 7.38. The average molecular weight is 380 g/mol. The zero-order chi connectivity index (χ0) is 19.3. The number of rotatable bonds is 5. The Kier molecular flexibility index (Phi) is 4.41. The maximum Gasteiger partial charge on any atom is 0.224 e. The lowest BCUT2D eigenvalue weighted by Gasteiger charge is -2.53. The van der Waals surface area contributed by atoms with Gasteiger partial charge in [0.25, 0.3) is 0 Å². The molecule has 0 aliphatic heterocycles. The molecule has 4 fully saturated rings. The topological polar surface area (TPSA) is 56.1 Å². The number of carbonyl (C=O) groups excluding carboxylic acids is 1. The quantitative estimate of drug-likeness (QED) is 0.862. The van der Waals surface area contributed by atoms with Crippen LogP contribution in [0.1, 0.15) is 49.5 Å². The van der Waals surface area contributed by atoms with E-state index in [1.165, 1.54) is 32.1 Å². The normalized spacial score (nSPS) is 31.6. The highest BCUT2D eigenvalue weighted by Crippen LogP contribution is 2.56. The van der Waals surface area contributed by atoms with Crippen molar-refractivity contribution in [3.05, 3.63) is 48.0 Å². The highest BCUT2D eigenvalue weighted by atomic mass is 16.5. The zero-order valence-electron chi connectivity index (χ0n) is 16.7. The SMILES string of the molecule is COc1ccccc1C(NC(=O)C1C2CC3CC(C2)CC1C3)c1nccn1C. The van der Waals surface area contributed by atoms with E-state index in [-0.39, 0.29) is 17.9 Å². The van der Waals surface area contributed by atoms with Crippen molar-refractivity contribution < 1.29 is 9.53 Å². The van der Waals surface area contributed by atoms with Crippen LogP contribution in [0.4, 0.5) is 0 Å². The molecular weight excluding hydrogens is 350 g/mol. The molecule has 1 unspecified atom stereocenters. The molecule has 1 atom stereocenters. The summed E-state index contributed by atoms with van der Waals surface area (Å²) in [6, 6.07) is 7.61. The summed E-state index contributed by atoms with van der Waals surface area (Å²) < 4.78 is 7.58. The standard InChI is InChI=1S/C23H29N3O2/c1-26-8-7-24-22(26)21(18-5-3-4-6-19(18)28-2)25-23(27)20-16-10-14-9-15(12-16)13-17(20)11-14/h3-8,14-17,20-21H,9-13H2,1-2H3,(H,25,27). The van der Waals surface area contributed by atoms with E-state index in [1.54, 1.807) is 13.3 Å². The molecule has 1 N–H and O–H groups in total. The number of imidazole rings is 1. The number of hydrogen-bond donors (Lipinski definition) is 1. The van der Waals surface area contributed by atoms with Gasteiger partial charge in [-0.05, 0) is 61.8 Å². The van der Waals surface area contributed by atoms with Crippen molar-refractivity contribution in [1.82, 2.24) is 14.9 Å². The maximum absolute atomic E-state index is 13.5. The number of ether oxygens (including phenoxy) is 1. The summed E-state index contributed by atoms with van der Waals surface area (Å²) in [7, 11) is 3.65. The Hall–Kier alpha value is -2.30. The first-order valence-corrected chi connectivity index (χ1v) is 10.5. The molecule has 0 saturated heterocycles. The van der Waals surface area contributed by atoms with E-state index in [9.17, 15) is 4.79 Å². The first kappa shape index (κ1) is 17.8. The Morgan fingerprint density at radius 3 is 2.43 bits per heavy atom. The summed E-state index contributed by atoms with van der Waals surface area (Å²) in [4.78, 5) is 18.1. The first-order chi connectivity index (χ1) is 13.6. The predicted molar refractivity (Wildman–Crippen MR) is 107 cm³/mol. The molecule has 0 radical (unpaired) electrons. The van der Waals surface area contributed by atoms with Crippen LogP contribution >= 0.6 is 0 Å². The second-order valence-corrected chi connectivity index (χ2v) is 9.04. The summed E-state index contributed by atoms with van der Waals surface area (Å²) in [6.07, 6.45) is 10.1. The molecule has 148 valence electrons. The number of methoxy groups -OCH3 is 1. The van der Waals surface area contributed by atoms with Gasteiger partial charge < -0.3 is 14.6 Å². The van der Waals surface area contributed by atoms with Crippen LogP contribution in [0.15, 0.2) is 36.7 Å². The van der Waals surface area contributed by atoms with Crippen LogP contribution in [0.25, 0.3) is 0 Å². The van der Waals surface area contributed by atoms with E-state index in [0.29, 0.717) is 11.8 Å². The molecule has 0 spiro atoms. The number of nitrogens with one attached hydrogen (secondary N) is 1. The summed E-state index contributed by atoms with van der Waals surface area (Å²) >= 11 is 0. The molecule has 1 heterocycles. The van der Waals surface area contributed by atoms with Crippen molar-refractivity contribution in [2.75, 3.05) is 7.11 Å². The minimum absolute atomic E-state index is 0.158. The van der Waals surface area contributed by atoms with E-state index in [1.807, 2.05) is 42.1 Å². The minimum Gasteiger partial charge on any atom is -0.496 e. The largest absolute Gasteiger partial charge is 0.496 e. The third kappa shape index (κ3) is 2.92. The number of nitrogens with zero attached hydrogens (tertiary/aromatic N) is 2. The van der Waals surface area contributed by atoms with Crippen molar-refractivity contribution in [2.24, 2.45) is 36.6 Å². The van der Waals surface area contributed by atoms with E-state index >= 15 is 0 Å². The predicted octanol–water partition coefficient (Wildman–Crippen LogP) is 3.71. The molecule has 4 aliphatic carbocycles. The van der Waals surface area contributed by atoms with Gasteiger partial charge >= 0.3 is 0 Å². The van der Waals surface area contributed by atoms with Crippen LogP contribution in [0.5, 0.6) is 5.75 Å². The fraction of sp³-hybridized carbons (Fsp3) is 0.565. The number of para-hydroxylation sites is 1. The second-order valence-electron chi connectivity index (χ2n) is 9.04. The molecule has 4 aliphatic rings. The van der Waals surface area contributed by atoms with E-state index in [0.717, 1.165) is 29.0 Å². The van der Waals surface area contributed by atoms with Gasteiger partial charge in [0.15, 0.2) is 0 Å². The fourth-order valence-corrected chi connectivity index (χ4v) is 6.43. The number of aryl methyl sites for hydroxylation is 1. The van der Waals surface area contributed by atoms with Crippen LogP contribution in [-0.2, 0) is 11.8 Å². The van der Waals surface area contributed by atoms with Crippen LogP contribution in [-0.4, -0.2) is 22.6 Å². The maximum atomic E-state index is 13.5. The molecule has 4 bridgehead atoms. The number of aromatic nitrogens is 2. The third-order valence-corrected chi connectivity index (χ3v) is 7.38. The van der Waals surface area contributed by atoms with Crippen molar-refractivity contribution in [1.29, 1.82) is 0 Å². The van der Waals surface area contributed by atoms with Gasteiger partial charge in [-0.25, -0.2) is 4.98 Å². The lowest BCUT2D eigenvalue weighted by Crippen LogP contribution is -2.51. The van der Waals surface area contributed by atoms with Crippen molar-refractivity contribution in [3.63, 3.8) is 0 Å². The van der Waals surface area contributed by atoms with Gasteiger partial charge in [-0.15, -0.1) is 0 Å². The number of carbonyl (C=O) groups is 1. The van der Waals surface area contributed by atoms with Gasteiger partial charge in [0.05, 0.1) is 7.11 Å². The number of benzene rings is 1. The summed E-state index contributed by atoms with van der Waals surface area (Å²) in [5, 5.41) is 3.38. The van der Waals surface area contributed by atoms with E-state index < -0.39 is 0 Å². The van der Waals surface area contributed by atoms with E-state index in [4.69, 9.17) is 4.74 Å². The molecule has 1 amide bonds. The van der Waals surface area contributed by atoms with Crippen molar-refractivity contribution in [2.45, 2.75) is 38.1 Å². The lowest BCUT2D eigenvalue weighted by atomic mass is 9.51. The van der Waals surface area contributed by atoms with Gasteiger partial charge in [0.2, 0.25) is 5.91 Å². The Morgan fingerprint density at radius 1 is 1.14 bits per heavy atom. The monoisotopic (exact) mass is 379 g/mol. The summed E-state index contributed by atoms with van der Waals surface area (Å²) in [6.45, 7) is 0. The van der Waals surface area contributed by atoms with E-state index in [2.05, 4.69) is 10.3 Å². The Labute approximate surface area is 166 Å². The molecular formula is C23H29N3O2. The average Bonchev–Trinajstić information content (AvgIpc) is 3.11. The molecule has 1 aromatic carbocycles. The summed E-state index contributed by atoms with van der Waals surface area (Å²) in [5.41, 5.74) is 0.955. The first-order valence-electron chi connectivity index (χ1n) is 10.5. The molecule has 2 aromatic rings. The van der Waals surface area contributed by atoms with Crippen molar-refractivity contribution in [3.8, 4) is 5.75 Å². The molecule has 4 saturated carbocycles. The van der Waals surface area contributed by atoms with Crippen LogP contribution in [0.2, 0.25) is 0 Å². The minimum atomic E-state index is -0.305. The van der Waals surface area contributed by atoms with Crippen LogP contribution in [0.3, 0.4) is 0 Å². The number of hydrogen-bond acceptors (Lipinski definition) is 3. The highest BCUT2D eigenvalue weighted by molar-refractivity contribution is 5.80. The highest BCUT2D eigenvalue weighted by Gasteiger charge is 2.51.